The Kier molecular flexibility index (Phi) is 5.52. The first-order valence-corrected chi connectivity index (χ1v) is 8.77. The molecule has 0 fully saturated rings. The largest absolute Gasteiger partial charge is 0.561 e. The summed E-state index contributed by atoms with van der Waals surface area (Å²) in [5, 5.41) is 24.1. The molecule has 0 aliphatic heterocycles. The summed E-state index contributed by atoms with van der Waals surface area (Å²) < 4.78 is 0. The van der Waals surface area contributed by atoms with Crippen LogP contribution in [0.25, 0.3) is 22.3 Å². The van der Waals surface area contributed by atoms with Gasteiger partial charge in [0, 0.05) is 15.7 Å². The molecule has 8 heteroatoms. The number of benzene rings is 3. The molecule has 0 atom stereocenters. The molecular weight excluding hydrogens is 390 g/mol. The normalized spacial score (nSPS) is 10.5. The maximum absolute atomic E-state index is 11.5. The van der Waals surface area contributed by atoms with Crippen LogP contribution < -0.4 is 10.7 Å². The van der Waals surface area contributed by atoms with E-state index in [4.69, 9.17) is 15.1 Å². The van der Waals surface area contributed by atoms with Gasteiger partial charge in [-0.25, -0.2) is 4.79 Å². The van der Waals surface area contributed by atoms with Crippen molar-refractivity contribution in [1.29, 1.82) is 0 Å². The van der Waals surface area contributed by atoms with Crippen molar-refractivity contribution >= 4 is 17.9 Å². The third kappa shape index (κ3) is 4.29. The number of carbonyl (C=O) groups is 3. The van der Waals surface area contributed by atoms with Crippen LogP contribution in [-0.4, -0.2) is 33.2 Å². The van der Waals surface area contributed by atoms with E-state index >= 15 is 0 Å². The second-order valence-electron chi connectivity index (χ2n) is 6.74. The summed E-state index contributed by atoms with van der Waals surface area (Å²) in [6.45, 7) is 1.85. The Morgan fingerprint density at radius 1 is 0.733 bits per heavy atom. The van der Waals surface area contributed by atoms with Crippen LogP contribution in [0.2, 0.25) is 0 Å². The maximum Gasteiger partial charge on any atom is 0.549 e. The lowest BCUT2D eigenvalue weighted by Crippen LogP contribution is -2.53. The Labute approximate surface area is 170 Å². The second kappa shape index (κ2) is 8.06. The van der Waals surface area contributed by atoms with Gasteiger partial charge in [-0.3, -0.25) is 0 Å². The van der Waals surface area contributed by atoms with Crippen LogP contribution in [-0.2, 0) is 0 Å². The first-order valence-electron chi connectivity index (χ1n) is 8.77. The molecule has 3 aromatic rings. The van der Waals surface area contributed by atoms with Crippen LogP contribution in [0.15, 0.2) is 54.6 Å². The van der Waals surface area contributed by atoms with E-state index in [2.05, 4.69) is 5.90 Å². The van der Waals surface area contributed by atoms with E-state index in [0.29, 0.717) is 28.0 Å². The Morgan fingerprint density at radius 2 is 1.20 bits per heavy atom. The number of aryl methyl sites for hydroxylation is 1. The van der Waals surface area contributed by atoms with Gasteiger partial charge in [0.15, 0.2) is 5.75 Å². The van der Waals surface area contributed by atoms with Gasteiger partial charge in [-0.05, 0) is 71.1 Å². The van der Waals surface area contributed by atoms with Crippen LogP contribution in [0.5, 0.6) is 5.75 Å². The Balaban J connectivity index is 2.20. The van der Waals surface area contributed by atoms with Crippen LogP contribution in [0.3, 0.4) is 0 Å². The number of carboxylic acid groups (broad SMARTS) is 1. The zero-order valence-electron chi connectivity index (χ0n) is 16.0. The van der Waals surface area contributed by atoms with Gasteiger partial charge in [-0.15, -0.1) is 0 Å². The quantitative estimate of drug-likeness (QED) is 0.463. The van der Waals surface area contributed by atoms with Gasteiger partial charge in [-0.2, -0.15) is 5.90 Å². The lowest BCUT2D eigenvalue weighted by atomic mass is 9.93. The standard InChI is InChI=1S/C22H17NO7/c1-11-2-12(14-5-16(20(24)25)8-17(6-14)21(26)27)4-13(3-11)15-7-18(22(28)29)10-19(9-15)30-23/h2-10H,1,23H3,(H2-,24,25,26,27,28,29)/p+3. The first-order chi connectivity index (χ1) is 14.2. The van der Waals surface area contributed by atoms with Crippen LogP contribution in [0.1, 0.15) is 36.6 Å². The van der Waals surface area contributed by atoms with E-state index in [-0.39, 0.29) is 16.7 Å². The minimum Gasteiger partial charge on any atom is -0.561 e. The molecule has 152 valence electrons. The van der Waals surface area contributed by atoms with Gasteiger partial charge in [0.05, 0.1) is 5.56 Å². The number of quaternary nitrogens is 1. The predicted molar refractivity (Wildman–Crippen MR) is 108 cm³/mol. The summed E-state index contributed by atoms with van der Waals surface area (Å²) in [5.41, 5.74) is 3.29. The van der Waals surface area contributed by atoms with Crippen molar-refractivity contribution in [3.63, 3.8) is 0 Å². The highest BCUT2D eigenvalue weighted by Gasteiger charge is 2.19. The molecule has 0 aliphatic carbocycles. The highest BCUT2D eigenvalue weighted by atomic mass is 16.6. The van der Waals surface area contributed by atoms with E-state index in [9.17, 15) is 19.5 Å². The molecule has 0 aliphatic rings. The molecule has 0 unspecified atom stereocenters. The average Bonchev–Trinajstić information content (AvgIpc) is 2.72. The van der Waals surface area contributed by atoms with Gasteiger partial charge in [0.1, 0.15) is 11.1 Å². The fourth-order valence-corrected chi connectivity index (χ4v) is 3.15. The first kappa shape index (κ1) is 20.6. The van der Waals surface area contributed by atoms with Gasteiger partial charge >= 0.3 is 17.9 Å². The van der Waals surface area contributed by atoms with Crippen molar-refractivity contribution in [2.45, 2.75) is 6.92 Å². The highest BCUT2D eigenvalue weighted by molar-refractivity contribution is 5.96. The summed E-state index contributed by atoms with van der Waals surface area (Å²) in [5.74, 6) is 0.621. The van der Waals surface area contributed by atoms with Crippen LogP contribution >= 0.6 is 0 Å². The molecule has 0 saturated heterocycles. The third-order valence-electron chi connectivity index (χ3n) is 4.52. The Hall–Kier alpha value is -4.17. The molecule has 3 aromatic carbocycles. The van der Waals surface area contributed by atoms with Crippen LogP contribution in [0, 0.1) is 6.92 Å². The number of carbonyl (C=O) groups excluding carboxylic acids is 2. The van der Waals surface area contributed by atoms with Crippen molar-refractivity contribution in [2.24, 2.45) is 0 Å². The number of hydrogen-bond acceptors (Lipinski definition) is 4. The fourth-order valence-electron chi connectivity index (χ4n) is 3.15. The summed E-state index contributed by atoms with van der Waals surface area (Å²) in [6.07, 6.45) is 0. The zero-order valence-corrected chi connectivity index (χ0v) is 16.0. The smallest absolute Gasteiger partial charge is 0.549 e. The van der Waals surface area contributed by atoms with Gasteiger partial charge in [0.2, 0.25) is 0 Å². The average molecular weight is 410 g/mol. The molecular formula is C22H20NO7+3. The number of carboxylic acids is 1. The molecule has 0 spiro atoms. The van der Waals surface area contributed by atoms with E-state index in [0.717, 1.165) is 5.56 Å². The lowest BCUT2D eigenvalue weighted by Gasteiger charge is -2.10. The van der Waals surface area contributed by atoms with E-state index in [1.807, 2.05) is 19.1 Å². The lowest BCUT2D eigenvalue weighted by molar-refractivity contribution is -0.635. The second-order valence-corrected chi connectivity index (χ2v) is 6.74. The molecule has 0 radical (unpaired) electrons. The highest BCUT2D eigenvalue weighted by Crippen LogP contribution is 2.32. The molecule has 8 nitrogen and oxygen atoms in total. The van der Waals surface area contributed by atoms with Crippen molar-refractivity contribution in [2.75, 3.05) is 0 Å². The maximum atomic E-state index is 11.5. The van der Waals surface area contributed by atoms with Gasteiger partial charge in [0.25, 0.3) is 0 Å². The van der Waals surface area contributed by atoms with E-state index in [1.54, 1.807) is 18.2 Å². The summed E-state index contributed by atoms with van der Waals surface area (Å²) in [7, 11) is 0. The zero-order chi connectivity index (χ0) is 22.0. The minimum atomic E-state index is -1.20. The molecule has 30 heavy (non-hydrogen) atoms. The molecule has 0 amide bonds. The summed E-state index contributed by atoms with van der Waals surface area (Å²) >= 11 is 0. The Bertz CT molecular complexity index is 1150. The van der Waals surface area contributed by atoms with Crippen LogP contribution in [0.4, 0.5) is 0 Å². The van der Waals surface area contributed by atoms with E-state index < -0.39 is 17.9 Å². The summed E-state index contributed by atoms with van der Waals surface area (Å²) in [6, 6.07) is 14.2. The minimum absolute atomic E-state index is 0.0255. The van der Waals surface area contributed by atoms with Crippen molar-refractivity contribution in [1.82, 2.24) is 0 Å². The predicted octanol–water partition coefficient (Wildman–Crippen LogP) is 1.29. The van der Waals surface area contributed by atoms with Gasteiger partial charge in [-0.1, -0.05) is 12.1 Å². The molecule has 8 N–H and O–H groups in total. The number of hydrogen-bond donors (Lipinski definition) is 2. The van der Waals surface area contributed by atoms with Gasteiger partial charge < -0.3 is 20.2 Å². The molecule has 0 aromatic heterocycles. The fraction of sp³-hybridized carbons (Fsp3) is 0.0455. The number of rotatable bonds is 6. The molecule has 3 rings (SSSR count). The monoisotopic (exact) mass is 410 g/mol. The number of aromatic carboxylic acids is 1. The van der Waals surface area contributed by atoms with Crippen molar-refractivity contribution in [3.05, 3.63) is 76.9 Å². The molecule has 0 heterocycles. The molecule has 0 bridgehead atoms. The third-order valence-corrected chi connectivity index (χ3v) is 4.52. The Morgan fingerprint density at radius 3 is 1.70 bits per heavy atom. The van der Waals surface area contributed by atoms with E-state index in [1.165, 1.54) is 24.3 Å². The molecule has 0 saturated carbocycles. The van der Waals surface area contributed by atoms with Crippen molar-refractivity contribution < 1.29 is 40.4 Å². The topological polar surface area (TPSA) is 154 Å². The summed E-state index contributed by atoms with van der Waals surface area (Å²) in [4.78, 5) is 39.5. The SMILES string of the molecule is Cc1cc(-c2cc(O[NH3+])cc(C(=O)[OH2+])c2)cc(-c2cc(C(=O)O)cc(C(=O)[OH2+])c2)c1. The van der Waals surface area contributed by atoms with Crippen molar-refractivity contribution in [3.8, 4) is 28.0 Å².